The molecule has 0 bridgehead atoms. The van der Waals surface area contributed by atoms with E-state index < -0.39 is 11.2 Å². The summed E-state index contributed by atoms with van der Waals surface area (Å²) < 4.78 is 0. The molecule has 1 unspecified atom stereocenters. The van der Waals surface area contributed by atoms with Crippen LogP contribution in [-0.4, -0.2) is 26.3 Å². The Hall–Kier alpha value is -0.850. The fourth-order valence-electron chi connectivity index (χ4n) is 1.35. The number of carboxylic acid groups (broad SMARTS) is 1. The largest absolute Gasteiger partial charge is 0.480 e. The number of fused-ring (bicyclic) bond motifs is 1. The zero-order valence-electron chi connectivity index (χ0n) is 9.81. The van der Waals surface area contributed by atoms with Crippen molar-refractivity contribution in [3.63, 3.8) is 0 Å². The monoisotopic (exact) mass is 302 g/mol. The molecule has 0 saturated heterocycles. The van der Waals surface area contributed by atoms with Crippen LogP contribution in [0.5, 0.6) is 0 Å². The van der Waals surface area contributed by atoms with Gasteiger partial charge in [0.15, 0.2) is 5.16 Å². The summed E-state index contributed by atoms with van der Waals surface area (Å²) in [6, 6.07) is 1.98. The van der Waals surface area contributed by atoms with E-state index in [9.17, 15) is 4.79 Å². The molecule has 0 aromatic carbocycles. The van der Waals surface area contributed by atoms with Gasteiger partial charge < -0.3 is 5.11 Å². The molecule has 7 heteroatoms. The van der Waals surface area contributed by atoms with Crippen LogP contribution in [-0.2, 0) is 11.2 Å². The predicted molar refractivity (Wildman–Crippen MR) is 74.8 cm³/mol. The maximum absolute atomic E-state index is 10.8. The molecule has 0 aliphatic rings. The second-order valence-corrected chi connectivity index (χ2v) is 6.46. The fourth-order valence-corrected chi connectivity index (χ4v) is 3.41. The molecule has 1 atom stereocenters. The number of nitrogens with zero attached hydrogens (tertiary/aromatic N) is 2. The number of carboxylic acids is 1. The number of hydrogen-bond donors (Lipinski definition) is 1. The normalized spacial score (nSPS) is 12.8. The zero-order valence-corrected chi connectivity index (χ0v) is 12.2. The quantitative estimate of drug-likeness (QED) is 0.532. The van der Waals surface area contributed by atoms with Gasteiger partial charge in [0, 0.05) is 10.3 Å². The van der Waals surface area contributed by atoms with E-state index in [4.69, 9.17) is 16.7 Å². The third-order valence-electron chi connectivity index (χ3n) is 2.36. The first-order valence-corrected chi connectivity index (χ1v) is 7.44. The van der Waals surface area contributed by atoms with E-state index in [1.54, 1.807) is 18.3 Å². The van der Waals surface area contributed by atoms with Gasteiger partial charge in [-0.2, -0.15) is 0 Å². The van der Waals surface area contributed by atoms with E-state index in [0.29, 0.717) is 10.3 Å². The lowest BCUT2D eigenvalue weighted by molar-refractivity contribution is -0.136. The summed E-state index contributed by atoms with van der Waals surface area (Å²) in [6.07, 6.45) is 0.922. The molecule has 1 N–H and O–H groups in total. The lowest BCUT2D eigenvalue weighted by Crippen LogP contribution is -2.11. The Morgan fingerprint density at radius 3 is 2.94 bits per heavy atom. The number of hydrogen-bond acceptors (Lipinski definition) is 5. The molecule has 0 radical (unpaired) electrons. The smallest absolute Gasteiger partial charge is 0.316 e. The van der Waals surface area contributed by atoms with Gasteiger partial charge in [-0.1, -0.05) is 30.3 Å². The lowest BCUT2D eigenvalue weighted by atomic mass is 10.3. The van der Waals surface area contributed by atoms with E-state index in [0.717, 1.165) is 28.4 Å². The van der Waals surface area contributed by atoms with Crippen LogP contribution in [0.4, 0.5) is 0 Å². The van der Waals surface area contributed by atoms with Crippen molar-refractivity contribution in [1.82, 2.24) is 9.97 Å². The first-order chi connectivity index (χ1) is 8.51. The Labute approximate surface area is 117 Å². The van der Waals surface area contributed by atoms with Gasteiger partial charge in [0.25, 0.3) is 0 Å². The summed E-state index contributed by atoms with van der Waals surface area (Å²) in [5.41, 5.74) is 0. The number of halogens is 1. The van der Waals surface area contributed by atoms with Gasteiger partial charge in [0.2, 0.25) is 0 Å². The third kappa shape index (κ3) is 2.76. The average Bonchev–Trinajstić information content (AvgIpc) is 2.72. The average molecular weight is 303 g/mol. The van der Waals surface area contributed by atoms with Crippen LogP contribution >= 0.6 is 34.7 Å². The van der Waals surface area contributed by atoms with Crippen molar-refractivity contribution in [1.29, 1.82) is 0 Å². The summed E-state index contributed by atoms with van der Waals surface area (Å²) in [6.45, 7) is 3.66. The minimum Gasteiger partial charge on any atom is -0.480 e. The summed E-state index contributed by atoms with van der Waals surface area (Å²) in [5.74, 6) is -0.889. The Balaban J connectivity index is 2.38. The molecule has 4 nitrogen and oxygen atoms in total. The van der Waals surface area contributed by atoms with Gasteiger partial charge in [-0.15, -0.1) is 11.3 Å². The molecule has 0 spiro atoms. The highest BCUT2D eigenvalue weighted by Crippen LogP contribution is 2.32. The Kier molecular flexibility index (Phi) is 4.09. The number of rotatable bonds is 4. The van der Waals surface area contributed by atoms with Crippen LogP contribution in [0.1, 0.15) is 18.7 Å². The van der Waals surface area contributed by atoms with Crippen molar-refractivity contribution in [2.45, 2.75) is 30.7 Å². The Bertz CT molecular complexity index is 600. The van der Waals surface area contributed by atoms with Crippen LogP contribution in [0.3, 0.4) is 0 Å². The first kappa shape index (κ1) is 13.6. The maximum Gasteiger partial charge on any atom is 0.316 e. The standard InChI is InChI=1S/C11H11ClN2O2S2/c1-3-6-4-7-8(12)13-11(14-9(7)18-6)17-5(2)10(15)16/h4-5H,3H2,1-2H3,(H,15,16). The number of aryl methyl sites for hydroxylation is 1. The van der Waals surface area contributed by atoms with Crippen LogP contribution < -0.4 is 0 Å². The summed E-state index contributed by atoms with van der Waals surface area (Å²) >= 11 is 8.75. The van der Waals surface area contributed by atoms with Crippen molar-refractivity contribution in [2.75, 3.05) is 0 Å². The minimum atomic E-state index is -0.889. The summed E-state index contributed by atoms with van der Waals surface area (Å²) in [5, 5.41) is 9.90. The van der Waals surface area contributed by atoms with Crippen molar-refractivity contribution in [2.24, 2.45) is 0 Å². The van der Waals surface area contributed by atoms with Crippen LogP contribution in [0.15, 0.2) is 11.2 Å². The number of thioether (sulfide) groups is 1. The molecule has 96 valence electrons. The number of carbonyl (C=O) groups is 1. The van der Waals surface area contributed by atoms with E-state index >= 15 is 0 Å². The second kappa shape index (κ2) is 5.42. The fraction of sp³-hybridized carbons (Fsp3) is 0.364. The van der Waals surface area contributed by atoms with Gasteiger partial charge in [-0.05, 0) is 19.4 Å². The van der Waals surface area contributed by atoms with Gasteiger partial charge in [0.1, 0.15) is 15.2 Å². The molecule has 0 saturated carbocycles. The molecule has 2 aromatic rings. The molecule has 0 fully saturated rings. The Morgan fingerprint density at radius 1 is 1.61 bits per heavy atom. The molecular weight excluding hydrogens is 292 g/mol. The van der Waals surface area contributed by atoms with Gasteiger partial charge >= 0.3 is 5.97 Å². The Morgan fingerprint density at radius 2 is 2.33 bits per heavy atom. The van der Waals surface area contributed by atoms with Crippen LogP contribution in [0.2, 0.25) is 5.15 Å². The molecular formula is C11H11ClN2O2S2. The SMILES string of the molecule is CCc1cc2c(Cl)nc(SC(C)C(=O)O)nc2s1. The zero-order chi connectivity index (χ0) is 13.3. The maximum atomic E-state index is 10.8. The van der Waals surface area contributed by atoms with Gasteiger partial charge in [-0.25, -0.2) is 9.97 Å². The molecule has 0 amide bonds. The number of thiophene rings is 1. The van der Waals surface area contributed by atoms with Crippen LogP contribution in [0.25, 0.3) is 10.2 Å². The molecule has 0 aliphatic carbocycles. The van der Waals surface area contributed by atoms with Gasteiger partial charge in [0.05, 0.1) is 0 Å². The van der Waals surface area contributed by atoms with Crippen molar-refractivity contribution in [3.05, 3.63) is 16.1 Å². The second-order valence-electron chi connectivity index (χ2n) is 3.68. The minimum absolute atomic E-state index is 0.385. The topological polar surface area (TPSA) is 63.1 Å². The van der Waals surface area contributed by atoms with E-state index in [1.807, 2.05) is 6.07 Å². The highest BCUT2D eigenvalue weighted by Gasteiger charge is 2.16. The predicted octanol–water partition coefficient (Wildman–Crippen LogP) is 3.47. The van der Waals surface area contributed by atoms with Crippen LogP contribution in [0, 0.1) is 0 Å². The molecule has 2 heterocycles. The van der Waals surface area contributed by atoms with Crippen molar-refractivity contribution in [3.8, 4) is 0 Å². The molecule has 2 aromatic heterocycles. The van der Waals surface area contributed by atoms with Crippen molar-refractivity contribution < 1.29 is 9.90 Å². The highest BCUT2D eigenvalue weighted by molar-refractivity contribution is 8.00. The van der Waals surface area contributed by atoms with E-state index in [-0.39, 0.29) is 0 Å². The lowest BCUT2D eigenvalue weighted by Gasteiger charge is -2.04. The van der Waals surface area contributed by atoms with Gasteiger partial charge in [-0.3, -0.25) is 4.79 Å². The highest BCUT2D eigenvalue weighted by atomic mass is 35.5. The molecule has 18 heavy (non-hydrogen) atoms. The van der Waals surface area contributed by atoms with E-state index in [1.165, 1.54) is 4.88 Å². The third-order valence-corrected chi connectivity index (χ3v) is 4.77. The van der Waals surface area contributed by atoms with Crippen molar-refractivity contribution >= 4 is 50.9 Å². The van der Waals surface area contributed by atoms with E-state index in [2.05, 4.69) is 16.9 Å². The molecule has 2 rings (SSSR count). The summed E-state index contributed by atoms with van der Waals surface area (Å²) in [4.78, 5) is 21.3. The summed E-state index contributed by atoms with van der Waals surface area (Å²) in [7, 11) is 0. The first-order valence-electron chi connectivity index (χ1n) is 5.36. The molecule has 0 aliphatic heterocycles. The number of aromatic nitrogens is 2. The number of aliphatic carboxylic acids is 1.